The third-order valence-electron chi connectivity index (χ3n) is 5.28. The summed E-state index contributed by atoms with van der Waals surface area (Å²) in [6.07, 6.45) is 1.60. The second-order valence-electron chi connectivity index (χ2n) is 7.26. The zero-order valence-electron chi connectivity index (χ0n) is 17.6. The molecular weight excluding hydrogens is 374 g/mol. The minimum Gasteiger partial charge on any atom is -0.497 e. The third-order valence-corrected chi connectivity index (χ3v) is 5.28. The Morgan fingerprint density at radius 2 is 1.93 bits per heavy atom. The summed E-state index contributed by atoms with van der Waals surface area (Å²) in [5.41, 5.74) is 0.708. The highest BCUT2D eigenvalue weighted by atomic mass is 16.5. The van der Waals surface area contributed by atoms with E-state index in [9.17, 15) is 5.11 Å². The van der Waals surface area contributed by atoms with Gasteiger partial charge < -0.3 is 34.3 Å². The molecule has 8 nitrogen and oxygen atoms in total. The van der Waals surface area contributed by atoms with Crippen molar-refractivity contribution in [2.45, 2.75) is 38.1 Å². The first-order chi connectivity index (χ1) is 14.1. The number of hydrogen-bond donors (Lipinski definition) is 2. The van der Waals surface area contributed by atoms with Crippen LogP contribution in [-0.4, -0.2) is 81.8 Å². The van der Waals surface area contributed by atoms with Gasteiger partial charge >= 0.3 is 0 Å². The van der Waals surface area contributed by atoms with Crippen molar-refractivity contribution in [1.29, 1.82) is 0 Å². The SMILES string of the molecule is CCNC(=NCC(O)c1cc(OC)cc(OC)c1)N1CCOC(C2CCCO2)C1. The molecule has 3 unspecified atom stereocenters. The summed E-state index contributed by atoms with van der Waals surface area (Å²) in [4.78, 5) is 6.88. The monoisotopic (exact) mass is 407 g/mol. The lowest BCUT2D eigenvalue weighted by atomic mass is 10.1. The summed E-state index contributed by atoms with van der Waals surface area (Å²) in [5.74, 6) is 2.07. The van der Waals surface area contributed by atoms with Crippen molar-refractivity contribution in [3.63, 3.8) is 0 Å². The van der Waals surface area contributed by atoms with E-state index >= 15 is 0 Å². The van der Waals surface area contributed by atoms with Gasteiger partial charge in [-0.25, -0.2) is 0 Å². The second kappa shape index (κ2) is 10.7. The summed E-state index contributed by atoms with van der Waals surface area (Å²) in [5, 5.41) is 14.0. The molecule has 0 saturated carbocycles. The molecule has 0 amide bonds. The number of morpholine rings is 1. The van der Waals surface area contributed by atoms with E-state index in [0.717, 1.165) is 45.0 Å². The van der Waals surface area contributed by atoms with Crippen LogP contribution in [0.4, 0.5) is 0 Å². The van der Waals surface area contributed by atoms with Crippen LogP contribution in [0.5, 0.6) is 11.5 Å². The minimum absolute atomic E-state index is 0.0580. The van der Waals surface area contributed by atoms with Gasteiger partial charge in [-0.3, -0.25) is 4.99 Å². The van der Waals surface area contributed by atoms with Crippen LogP contribution in [0.3, 0.4) is 0 Å². The van der Waals surface area contributed by atoms with Crippen LogP contribution < -0.4 is 14.8 Å². The summed E-state index contributed by atoms with van der Waals surface area (Å²) in [7, 11) is 3.19. The molecule has 0 spiro atoms. The maximum Gasteiger partial charge on any atom is 0.194 e. The van der Waals surface area contributed by atoms with Gasteiger partial charge in [-0.15, -0.1) is 0 Å². The van der Waals surface area contributed by atoms with E-state index in [2.05, 4.69) is 15.2 Å². The van der Waals surface area contributed by atoms with Gasteiger partial charge in [0, 0.05) is 32.3 Å². The van der Waals surface area contributed by atoms with Crippen molar-refractivity contribution in [3.8, 4) is 11.5 Å². The van der Waals surface area contributed by atoms with E-state index in [0.29, 0.717) is 23.7 Å². The molecule has 2 aliphatic rings. The highest BCUT2D eigenvalue weighted by Gasteiger charge is 2.32. The second-order valence-corrected chi connectivity index (χ2v) is 7.26. The Morgan fingerprint density at radius 1 is 1.21 bits per heavy atom. The average molecular weight is 408 g/mol. The number of hydrogen-bond acceptors (Lipinski definition) is 6. The standard InChI is InChI=1S/C21H33N3O5/c1-4-22-21(24-7-9-29-20(14-24)19-6-5-8-28-19)23-13-18(25)15-10-16(26-2)12-17(11-15)27-3/h10-12,18-20,25H,4-9,13-14H2,1-3H3,(H,22,23). The molecule has 1 aromatic rings. The predicted octanol–water partition coefficient (Wildman–Crippen LogP) is 1.58. The minimum atomic E-state index is -0.761. The van der Waals surface area contributed by atoms with Crippen molar-refractivity contribution < 1.29 is 24.1 Å². The summed E-state index contributed by atoms with van der Waals surface area (Å²) < 4.78 is 22.3. The van der Waals surface area contributed by atoms with Crippen LogP contribution in [0.15, 0.2) is 23.2 Å². The van der Waals surface area contributed by atoms with Crippen molar-refractivity contribution in [2.24, 2.45) is 4.99 Å². The predicted molar refractivity (Wildman–Crippen MR) is 111 cm³/mol. The molecule has 2 heterocycles. The van der Waals surface area contributed by atoms with E-state index in [-0.39, 0.29) is 18.8 Å². The lowest BCUT2D eigenvalue weighted by Gasteiger charge is -2.37. The number of aliphatic imine (C=N–C) groups is 1. The van der Waals surface area contributed by atoms with Gasteiger partial charge in [-0.1, -0.05) is 0 Å². The first-order valence-electron chi connectivity index (χ1n) is 10.3. The van der Waals surface area contributed by atoms with Crippen molar-refractivity contribution in [3.05, 3.63) is 23.8 Å². The quantitative estimate of drug-likeness (QED) is 0.524. The number of aliphatic hydroxyl groups excluding tert-OH is 1. The molecular formula is C21H33N3O5. The molecule has 8 heteroatoms. The number of rotatable bonds is 7. The van der Waals surface area contributed by atoms with Crippen LogP contribution in [0.1, 0.15) is 31.4 Å². The summed E-state index contributed by atoms with van der Waals surface area (Å²) >= 11 is 0. The molecule has 3 rings (SSSR count). The smallest absolute Gasteiger partial charge is 0.194 e. The number of benzene rings is 1. The van der Waals surface area contributed by atoms with Gasteiger partial charge in [0.1, 0.15) is 17.6 Å². The summed E-state index contributed by atoms with van der Waals surface area (Å²) in [6, 6.07) is 5.39. The van der Waals surface area contributed by atoms with Crippen LogP contribution in [0, 0.1) is 0 Å². The number of guanidine groups is 1. The summed E-state index contributed by atoms with van der Waals surface area (Å²) in [6.45, 7) is 5.98. The average Bonchev–Trinajstić information content (AvgIpc) is 3.31. The molecule has 2 fully saturated rings. The maximum atomic E-state index is 10.7. The van der Waals surface area contributed by atoms with E-state index in [1.807, 2.05) is 6.92 Å². The molecule has 0 aliphatic carbocycles. The molecule has 162 valence electrons. The van der Waals surface area contributed by atoms with Gasteiger partial charge in [0.05, 0.1) is 39.6 Å². The van der Waals surface area contributed by atoms with Crippen LogP contribution >= 0.6 is 0 Å². The molecule has 2 saturated heterocycles. The number of nitrogens with zero attached hydrogens (tertiary/aromatic N) is 2. The van der Waals surface area contributed by atoms with E-state index in [1.54, 1.807) is 32.4 Å². The van der Waals surface area contributed by atoms with Gasteiger partial charge in [0.2, 0.25) is 0 Å². The number of ether oxygens (including phenoxy) is 4. The number of nitrogens with one attached hydrogen (secondary N) is 1. The zero-order valence-corrected chi connectivity index (χ0v) is 17.6. The lowest BCUT2D eigenvalue weighted by Crippen LogP contribution is -2.53. The van der Waals surface area contributed by atoms with Crippen molar-refractivity contribution >= 4 is 5.96 Å². The Labute approximate surface area is 172 Å². The Morgan fingerprint density at radius 3 is 2.55 bits per heavy atom. The lowest BCUT2D eigenvalue weighted by molar-refractivity contribution is -0.0817. The highest BCUT2D eigenvalue weighted by Crippen LogP contribution is 2.27. The third kappa shape index (κ3) is 5.74. The van der Waals surface area contributed by atoms with Gasteiger partial charge in [-0.05, 0) is 37.5 Å². The normalized spacial score (nSPS) is 23.7. The molecule has 2 aliphatic heterocycles. The van der Waals surface area contributed by atoms with Crippen LogP contribution in [0.2, 0.25) is 0 Å². The van der Waals surface area contributed by atoms with Gasteiger partial charge in [0.25, 0.3) is 0 Å². The number of methoxy groups -OCH3 is 2. The maximum absolute atomic E-state index is 10.7. The molecule has 3 atom stereocenters. The molecule has 0 aromatic heterocycles. The van der Waals surface area contributed by atoms with E-state index in [4.69, 9.17) is 18.9 Å². The van der Waals surface area contributed by atoms with Gasteiger partial charge in [-0.2, -0.15) is 0 Å². The molecule has 0 bridgehead atoms. The molecule has 2 N–H and O–H groups in total. The van der Waals surface area contributed by atoms with Crippen LogP contribution in [-0.2, 0) is 9.47 Å². The molecule has 0 radical (unpaired) electrons. The Kier molecular flexibility index (Phi) is 7.97. The largest absolute Gasteiger partial charge is 0.497 e. The Balaban J connectivity index is 1.68. The molecule has 29 heavy (non-hydrogen) atoms. The van der Waals surface area contributed by atoms with E-state index in [1.165, 1.54) is 0 Å². The first kappa shape index (κ1) is 21.7. The first-order valence-corrected chi connectivity index (χ1v) is 10.3. The van der Waals surface area contributed by atoms with E-state index < -0.39 is 6.10 Å². The topological polar surface area (TPSA) is 84.8 Å². The Bertz CT molecular complexity index is 656. The van der Waals surface area contributed by atoms with Gasteiger partial charge in [0.15, 0.2) is 5.96 Å². The fourth-order valence-electron chi connectivity index (χ4n) is 3.71. The fraction of sp³-hybridized carbons (Fsp3) is 0.667. The zero-order chi connectivity index (χ0) is 20.6. The molecule has 1 aromatic carbocycles. The van der Waals surface area contributed by atoms with Crippen LogP contribution in [0.25, 0.3) is 0 Å². The highest BCUT2D eigenvalue weighted by molar-refractivity contribution is 5.80. The Hall–Kier alpha value is -2.03. The fourth-order valence-corrected chi connectivity index (χ4v) is 3.71. The van der Waals surface area contributed by atoms with Crippen molar-refractivity contribution in [1.82, 2.24) is 10.2 Å². The number of aliphatic hydroxyl groups is 1. The van der Waals surface area contributed by atoms with Crippen molar-refractivity contribution in [2.75, 3.05) is 53.6 Å².